The third kappa shape index (κ3) is 2.95. The fourth-order valence-corrected chi connectivity index (χ4v) is 1.47. The van der Waals surface area contributed by atoms with E-state index >= 15 is 0 Å². The van der Waals surface area contributed by atoms with Crippen LogP contribution in [0, 0.1) is 5.82 Å². The summed E-state index contributed by atoms with van der Waals surface area (Å²) in [5.74, 6) is -0.893. The third-order valence-electron chi connectivity index (χ3n) is 2.33. The number of halogens is 4. The minimum absolute atomic E-state index is 0.134. The highest BCUT2D eigenvalue weighted by molar-refractivity contribution is 5.28. The van der Waals surface area contributed by atoms with Crippen LogP contribution in [0.1, 0.15) is 36.9 Å². The van der Waals surface area contributed by atoms with Gasteiger partial charge >= 0.3 is 6.18 Å². The molecule has 0 bridgehead atoms. The summed E-state index contributed by atoms with van der Waals surface area (Å²) in [6.07, 6.45) is -3.22. The summed E-state index contributed by atoms with van der Waals surface area (Å²) in [7, 11) is 0. The molecule has 0 amide bonds. The van der Waals surface area contributed by atoms with Crippen LogP contribution in [0.15, 0.2) is 18.2 Å². The number of hydrogen-bond donors (Lipinski definition) is 1. The lowest BCUT2D eigenvalue weighted by atomic mass is 10.0. The fraction of sp³-hybridized carbons (Fsp3) is 0.455. The van der Waals surface area contributed by atoms with E-state index in [2.05, 4.69) is 0 Å². The molecule has 0 aliphatic rings. The first-order chi connectivity index (χ1) is 7.36. The summed E-state index contributed by atoms with van der Waals surface area (Å²) >= 11 is 0. The standard InChI is InChI=1S/C11H13F4N/c1-2-3-10(16)8-5-4-7(6-9(8)12)11(13,14)15/h4-6,10H,2-3,16H2,1H3/t10-/m0/s1. The Morgan fingerprint density at radius 3 is 2.38 bits per heavy atom. The molecular weight excluding hydrogens is 222 g/mol. The second kappa shape index (κ2) is 4.82. The molecule has 0 spiro atoms. The lowest BCUT2D eigenvalue weighted by Gasteiger charge is -2.13. The van der Waals surface area contributed by atoms with Crippen LogP contribution in [0.3, 0.4) is 0 Å². The highest BCUT2D eigenvalue weighted by Crippen LogP contribution is 2.31. The number of benzene rings is 1. The van der Waals surface area contributed by atoms with Crippen LogP contribution < -0.4 is 5.73 Å². The van der Waals surface area contributed by atoms with Gasteiger partial charge < -0.3 is 5.73 Å². The number of nitrogens with two attached hydrogens (primary N) is 1. The van der Waals surface area contributed by atoms with Gasteiger partial charge in [-0.1, -0.05) is 19.4 Å². The molecule has 0 aromatic heterocycles. The zero-order valence-corrected chi connectivity index (χ0v) is 8.81. The first-order valence-corrected chi connectivity index (χ1v) is 4.98. The van der Waals surface area contributed by atoms with Crippen LogP contribution in [0.4, 0.5) is 17.6 Å². The van der Waals surface area contributed by atoms with Crippen molar-refractivity contribution in [2.45, 2.75) is 32.0 Å². The molecular formula is C11H13F4N. The van der Waals surface area contributed by atoms with E-state index in [-0.39, 0.29) is 5.56 Å². The van der Waals surface area contributed by atoms with Gasteiger partial charge in [-0.15, -0.1) is 0 Å². The molecule has 0 heterocycles. The molecule has 16 heavy (non-hydrogen) atoms. The van der Waals surface area contributed by atoms with Crippen LogP contribution in [-0.4, -0.2) is 0 Å². The summed E-state index contributed by atoms with van der Waals surface area (Å²) < 4.78 is 50.1. The van der Waals surface area contributed by atoms with Crippen LogP contribution in [0.5, 0.6) is 0 Å². The van der Waals surface area contributed by atoms with Gasteiger partial charge in [-0.3, -0.25) is 0 Å². The number of rotatable bonds is 3. The molecule has 2 N–H and O–H groups in total. The van der Waals surface area contributed by atoms with Crippen molar-refractivity contribution in [3.8, 4) is 0 Å². The summed E-state index contributed by atoms with van der Waals surface area (Å²) in [6, 6.07) is 1.91. The monoisotopic (exact) mass is 235 g/mol. The first-order valence-electron chi connectivity index (χ1n) is 4.98. The smallest absolute Gasteiger partial charge is 0.324 e. The number of hydrogen-bond acceptors (Lipinski definition) is 1. The van der Waals surface area contributed by atoms with Gasteiger partial charge in [0.15, 0.2) is 0 Å². The largest absolute Gasteiger partial charge is 0.416 e. The maximum Gasteiger partial charge on any atom is 0.416 e. The minimum Gasteiger partial charge on any atom is -0.324 e. The van der Waals surface area contributed by atoms with Crippen molar-refractivity contribution in [3.63, 3.8) is 0 Å². The molecule has 1 aromatic carbocycles. The average Bonchev–Trinajstić information content (AvgIpc) is 2.16. The van der Waals surface area contributed by atoms with Gasteiger partial charge in [0.2, 0.25) is 0 Å². The lowest BCUT2D eigenvalue weighted by Crippen LogP contribution is -2.13. The van der Waals surface area contributed by atoms with Crippen molar-refractivity contribution in [3.05, 3.63) is 35.1 Å². The molecule has 0 radical (unpaired) electrons. The second-order valence-corrected chi connectivity index (χ2v) is 3.63. The van der Waals surface area contributed by atoms with E-state index in [1.54, 1.807) is 0 Å². The average molecular weight is 235 g/mol. The quantitative estimate of drug-likeness (QED) is 0.795. The van der Waals surface area contributed by atoms with Gasteiger partial charge in [0.05, 0.1) is 5.56 Å². The molecule has 90 valence electrons. The molecule has 0 fully saturated rings. The highest BCUT2D eigenvalue weighted by Gasteiger charge is 2.31. The van der Waals surface area contributed by atoms with E-state index in [0.29, 0.717) is 12.5 Å². The summed E-state index contributed by atoms with van der Waals surface area (Å²) in [5.41, 5.74) is 4.79. The van der Waals surface area contributed by atoms with E-state index in [1.807, 2.05) is 6.92 Å². The van der Waals surface area contributed by atoms with Gasteiger partial charge in [-0.05, 0) is 18.6 Å². The van der Waals surface area contributed by atoms with Crippen molar-refractivity contribution in [2.24, 2.45) is 5.73 Å². The van der Waals surface area contributed by atoms with Gasteiger partial charge in [-0.2, -0.15) is 13.2 Å². The minimum atomic E-state index is -4.52. The summed E-state index contributed by atoms with van der Waals surface area (Å²) in [5, 5.41) is 0. The van der Waals surface area contributed by atoms with Crippen molar-refractivity contribution >= 4 is 0 Å². The topological polar surface area (TPSA) is 26.0 Å². The maximum absolute atomic E-state index is 13.4. The van der Waals surface area contributed by atoms with Crippen LogP contribution in [-0.2, 0) is 6.18 Å². The van der Waals surface area contributed by atoms with E-state index in [0.717, 1.165) is 18.6 Å². The Hall–Kier alpha value is -1.10. The predicted molar refractivity (Wildman–Crippen MR) is 53.2 cm³/mol. The molecule has 0 saturated heterocycles. The molecule has 0 aliphatic carbocycles. The summed E-state index contributed by atoms with van der Waals surface area (Å²) in [6.45, 7) is 1.88. The Morgan fingerprint density at radius 1 is 1.31 bits per heavy atom. The van der Waals surface area contributed by atoms with E-state index in [9.17, 15) is 17.6 Å². The zero-order valence-electron chi connectivity index (χ0n) is 8.81. The molecule has 1 atom stereocenters. The molecule has 1 aromatic rings. The van der Waals surface area contributed by atoms with Crippen LogP contribution in [0.25, 0.3) is 0 Å². The van der Waals surface area contributed by atoms with Gasteiger partial charge in [-0.25, -0.2) is 4.39 Å². The Morgan fingerprint density at radius 2 is 1.94 bits per heavy atom. The molecule has 0 unspecified atom stereocenters. The molecule has 0 saturated carbocycles. The normalized spacial score (nSPS) is 13.9. The summed E-state index contributed by atoms with van der Waals surface area (Å²) in [4.78, 5) is 0. The number of alkyl halides is 3. The molecule has 5 heteroatoms. The molecule has 1 rings (SSSR count). The van der Waals surface area contributed by atoms with Gasteiger partial charge in [0.1, 0.15) is 5.82 Å². The Kier molecular flexibility index (Phi) is 3.91. The van der Waals surface area contributed by atoms with E-state index in [1.165, 1.54) is 0 Å². The Labute approximate surface area is 91.3 Å². The van der Waals surface area contributed by atoms with Crippen molar-refractivity contribution < 1.29 is 17.6 Å². The molecule has 0 aliphatic heterocycles. The Bertz CT molecular complexity index is 359. The third-order valence-corrected chi connectivity index (χ3v) is 2.33. The molecule has 1 nitrogen and oxygen atoms in total. The SMILES string of the molecule is CCC[C@H](N)c1ccc(C(F)(F)F)cc1F. The fourth-order valence-electron chi connectivity index (χ4n) is 1.47. The van der Waals surface area contributed by atoms with Crippen LogP contribution >= 0.6 is 0 Å². The van der Waals surface area contributed by atoms with E-state index in [4.69, 9.17) is 5.73 Å². The van der Waals surface area contributed by atoms with Crippen LogP contribution in [0.2, 0.25) is 0 Å². The second-order valence-electron chi connectivity index (χ2n) is 3.63. The predicted octanol–water partition coefficient (Wildman–Crippen LogP) is 3.64. The van der Waals surface area contributed by atoms with E-state index < -0.39 is 23.6 Å². The van der Waals surface area contributed by atoms with Gasteiger partial charge in [0.25, 0.3) is 0 Å². The Balaban J connectivity index is 3.00. The zero-order chi connectivity index (χ0) is 12.3. The van der Waals surface area contributed by atoms with Gasteiger partial charge in [0, 0.05) is 11.6 Å². The first kappa shape index (κ1) is 13.0. The lowest BCUT2D eigenvalue weighted by molar-refractivity contribution is -0.137. The maximum atomic E-state index is 13.4. The highest BCUT2D eigenvalue weighted by atomic mass is 19.4. The van der Waals surface area contributed by atoms with Crippen molar-refractivity contribution in [1.82, 2.24) is 0 Å². The van der Waals surface area contributed by atoms with Crippen molar-refractivity contribution in [2.75, 3.05) is 0 Å². The van der Waals surface area contributed by atoms with Crippen molar-refractivity contribution in [1.29, 1.82) is 0 Å².